The first-order chi connectivity index (χ1) is 11.2. The van der Waals surface area contributed by atoms with E-state index in [0.29, 0.717) is 5.56 Å². The lowest BCUT2D eigenvalue weighted by molar-refractivity contribution is 0.102. The van der Waals surface area contributed by atoms with Crippen LogP contribution < -0.4 is 10.2 Å². The van der Waals surface area contributed by atoms with E-state index in [0.717, 1.165) is 23.2 Å². The molecule has 1 aliphatic rings. The summed E-state index contributed by atoms with van der Waals surface area (Å²) in [6.07, 6.45) is 5.19. The first-order valence-electron chi connectivity index (χ1n) is 8.15. The van der Waals surface area contributed by atoms with Crippen molar-refractivity contribution in [1.29, 1.82) is 0 Å². The molecule has 3 nitrogen and oxygen atoms in total. The van der Waals surface area contributed by atoms with Gasteiger partial charge in [-0.05, 0) is 65.2 Å². The number of rotatable bonds is 3. The molecule has 1 amide bonds. The molecule has 120 valence electrons. The normalized spacial score (nSPS) is 15.1. The van der Waals surface area contributed by atoms with Crippen molar-refractivity contribution in [2.45, 2.75) is 25.7 Å². The molecule has 0 atom stereocenters. The Balaban J connectivity index is 1.67. The number of benzene rings is 2. The lowest BCUT2D eigenvalue weighted by atomic mass is 10.2. The summed E-state index contributed by atoms with van der Waals surface area (Å²) in [5.74, 6) is -0.0972. The molecule has 3 rings (SSSR count). The zero-order valence-electron chi connectivity index (χ0n) is 13.1. The minimum atomic E-state index is -0.0972. The van der Waals surface area contributed by atoms with Crippen LogP contribution in [-0.4, -0.2) is 19.0 Å². The zero-order valence-corrected chi connectivity index (χ0v) is 14.7. The highest BCUT2D eigenvalue weighted by Crippen LogP contribution is 2.23. The van der Waals surface area contributed by atoms with Crippen LogP contribution in [0.4, 0.5) is 11.4 Å². The minimum Gasteiger partial charge on any atom is -0.372 e. The fraction of sp³-hybridized carbons (Fsp3) is 0.316. The Morgan fingerprint density at radius 1 is 0.913 bits per heavy atom. The number of halogens is 1. The Morgan fingerprint density at radius 2 is 1.57 bits per heavy atom. The van der Waals surface area contributed by atoms with Gasteiger partial charge >= 0.3 is 0 Å². The van der Waals surface area contributed by atoms with E-state index in [1.165, 1.54) is 31.4 Å². The van der Waals surface area contributed by atoms with E-state index < -0.39 is 0 Å². The van der Waals surface area contributed by atoms with E-state index >= 15 is 0 Å². The highest BCUT2D eigenvalue weighted by Gasteiger charge is 2.11. The van der Waals surface area contributed by atoms with Crippen molar-refractivity contribution in [1.82, 2.24) is 0 Å². The first kappa shape index (κ1) is 16.1. The highest BCUT2D eigenvalue weighted by molar-refractivity contribution is 9.10. The SMILES string of the molecule is O=C(Nc1ccc(N2CCCCCC2)cc1)c1ccccc1Br. The van der Waals surface area contributed by atoms with Crippen LogP contribution in [-0.2, 0) is 0 Å². The fourth-order valence-corrected chi connectivity index (χ4v) is 3.39. The summed E-state index contributed by atoms with van der Waals surface area (Å²) < 4.78 is 0.804. The largest absolute Gasteiger partial charge is 0.372 e. The topological polar surface area (TPSA) is 32.3 Å². The Kier molecular flexibility index (Phi) is 5.34. The van der Waals surface area contributed by atoms with E-state index in [-0.39, 0.29) is 5.91 Å². The first-order valence-corrected chi connectivity index (χ1v) is 8.94. The van der Waals surface area contributed by atoms with Crippen molar-refractivity contribution in [3.63, 3.8) is 0 Å². The highest BCUT2D eigenvalue weighted by atomic mass is 79.9. The molecule has 2 aromatic rings. The van der Waals surface area contributed by atoms with Gasteiger partial charge in [0.15, 0.2) is 0 Å². The molecule has 0 saturated carbocycles. The summed E-state index contributed by atoms with van der Waals surface area (Å²) in [5.41, 5.74) is 2.71. The van der Waals surface area contributed by atoms with Crippen molar-refractivity contribution in [2.75, 3.05) is 23.3 Å². The van der Waals surface area contributed by atoms with Gasteiger partial charge in [-0.25, -0.2) is 0 Å². The summed E-state index contributed by atoms with van der Waals surface area (Å²) in [6.45, 7) is 2.26. The predicted molar refractivity (Wildman–Crippen MR) is 99.2 cm³/mol. The summed E-state index contributed by atoms with van der Waals surface area (Å²) >= 11 is 3.41. The number of carbonyl (C=O) groups excluding carboxylic acids is 1. The van der Waals surface area contributed by atoms with Crippen molar-refractivity contribution >= 4 is 33.2 Å². The maximum absolute atomic E-state index is 12.3. The second-order valence-corrected chi connectivity index (χ2v) is 6.74. The van der Waals surface area contributed by atoms with Gasteiger partial charge in [-0.1, -0.05) is 25.0 Å². The molecule has 0 spiro atoms. The summed E-state index contributed by atoms with van der Waals surface area (Å²) in [6, 6.07) is 15.6. The van der Waals surface area contributed by atoms with Crippen LogP contribution in [0.25, 0.3) is 0 Å². The van der Waals surface area contributed by atoms with Crippen LogP contribution in [0.15, 0.2) is 53.0 Å². The average molecular weight is 373 g/mol. The third kappa shape index (κ3) is 4.14. The van der Waals surface area contributed by atoms with Gasteiger partial charge in [-0.2, -0.15) is 0 Å². The number of amides is 1. The Morgan fingerprint density at radius 3 is 2.22 bits per heavy atom. The molecule has 1 heterocycles. The third-order valence-electron chi connectivity index (χ3n) is 4.21. The number of anilines is 2. The lowest BCUT2D eigenvalue weighted by Crippen LogP contribution is -2.23. The number of nitrogens with one attached hydrogen (secondary N) is 1. The smallest absolute Gasteiger partial charge is 0.256 e. The monoisotopic (exact) mass is 372 g/mol. The van der Waals surface area contributed by atoms with Gasteiger partial charge in [0.1, 0.15) is 0 Å². The Bertz CT molecular complexity index is 661. The third-order valence-corrected chi connectivity index (χ3v) is 4.91. The quantitative estimate of drug-likeness (QED) is 0.814. The molecule has 1 N–H and O–H groups in total. The van der Waals surface area contributed by atoms with Gasteiger partial charge in [0.2, 0.25) is 0 Å². The van der Waals surface area contributed by atoms with Crippen LogP contribution in [0.5, 0.6) is 0 Å². The second-order valence-electron chi connectivity index (χ2n) is 5.88. The van der Waals surface area contributed by atoms with Crippen molar-refractivity contribution in [3.05, 3.63) is 58.6 Å². The maximum Gasteiger partial charge on any atom is 0.256 e. The van der Waals surface area contributed by atoms with Gasteiger partial charge in [-0.3, -0.25) is 4.79 Å². The summed E-state index contributed by atoms with van der Waals surface area (Å²) in [7, 11) is 0. The van der Waals surface area contributed by atoms with E-state index in [1.807, 2.05) is 36.4 Å². The summed E-state index contributed by atoms with van der Waals surface area (Å²) in [5, 5.41) is 2.95. The molecule has 0 unspecified atom stereocenters. The van der Waals surface area contributed by atoms with Gasteiger partial charge < -0.3 is 10.2 Å². The average Bonchev–Trinajstić information content (AvgIpc) is 2.85. The van der Waals surface area contributed by atoms with Crippen LogP contribution in [0.3, 0.4) is 0 Å². The molecular formula is C19H21BrN2O. The maximum atomic E-state index is 12.3. The fourth-order valence-electron chi connectivity index (χ4n) is 2.93. The van der Waals surface area contributed by atoms with Crippen LogP contribution >= 0.6 is 15.9 Å². The molecule has 0 aliphatic carbocycles. The van der Waals surface area contributed by atoms with Crippen molar-refractivity contribution < 1.29 is 4.79 Å². The second kappa shape index (κ2) is 7.64. The predicted octanol–water partition coefficient (Wildman–Crippen LogP) is 5.08. The molecule has 0 bridgehead atoms. The van der Waals surface area contributed by atoms with Gasteiger partial charge in [0.25, 0.3) is 5.91 Å². The molecular weight excluding hydrogens is 352 g/mol. The zero-order chi connectivity index (χ0) is 16.1. The standard InChI is InChI=1S/C19H21BrN2O/c20-18-8-4-3-7-17(18)19(23)21-15-9-11-16(12-10-15)22-13-5-1-2-6-14-22/h3-4,7-12H,1-2,5-6,13-14H2,(H,21,23). The molecule has 2 aromatic carbocycles. The van der Waals surface area contributed by atoms with Crippen LogP contribution in [0.2, 0.25) is 0 Å². The van der Waals surface area contributed by atoms with Gasteiger partial charge in [0.05, 0.1) is 5.56 Å². The van der Waals surface area contributed by atoms with Crippen molar-refractivity contribution in [3.8, 4) is 0 Å². The van der Waals surface area contributed by atoms with E-state index in [1.54, 1.807) is 0 Å². The van der Waals surface area contributed by atoms with Gasteiger partial charge in [0, 0.05) is 28.9 Å². The number of hydrogen-bond donors (Lipinski definition) is 1. The van der Waals surface area contributed by atoms with E-state index in [2.05, 4.69) is 38.3 Å². The molecule has 23 heavy (non-hydrogen) atoms. The lowest BCUT2D eigenvalue weighted by Gasteiger charge is -2.22. The van der Waals surface area contributed by atoms with Crippen molar-refractivity contribution in [2.24, 2.45) is 0 Å². The Labute approximate surface area is 145 Å². The molecule has 1 aliphatic heterocycles. The van der Waals surface area contributed by atoms with Crippen LogP contribution in [0.1, 0.15) is 36.0 Å². The molecule has 1 saturated heterocycles. The van der Waals surface area contributed by atoms with E-state index in [4.69, 9.17) is 0 Å². The summed E-state index contributed by atoms with van der Waals surface area (Å²) in [4.78, 5) is 14.8. The number of nitrogens with zero attached hydrogens (tertiary/aromatic N) is 1. The number of carbonyl (C=O) groups is 1. The molecule has 0 aromatic heterocycles. The molecule has 1 fully saturated rings. The van der Waals surface area contributed by atoms with E-state index in [9.17, 15) is 4.79 Å². The molecule has 0 radical (unpaired) electrons. The van der Waals surface area contributed by atoms with Gasteiger partial charge in [-0.15, -0.1) is 0 Å². The molecule has 4 heteroatoms. The number of hydrogen-bond acceptors (Lipinski definition) is 2. The van der Waals surface area contributed by atoms with Crippen LogP contribution in [0, 0.1) is 0 Å². The Hall–Kier alpha value is -1.81. The minimum absolute atomic E-state index is 0.0972.